The van der Waals surface area contributed by atoms with Crippen LogP contribution in [0.5, 0.6) is 0 Å². The lowest BCUT2D eigenvalue weighted by Crippen LogP contribution is -2.47. The molecule has 1 unspecified atom stereocenters. The van der Waals surface area contributed by atoms with Crippen molar-refractivity contribution >= 4 is 46.4 Å². The first-order valence-electron chi connectivity index (χ1n) is 8.00. The van der Waals surface area contributed by atoms with Gasteiger partial charge < -0.3 is 10.6 Å². The first kappa shape index (κ1) is 20.7. The van der Waals surface area contributed by atoms with Crippen LogP contribution in [0.1, 0.15) is 24.2 Å². The molecule has 0 aliphatic heterocycles. The second kappa shape index (κ2) is 8.83. The van der Waals surface area contributed by atoms with Crippen LogP contribution in [0.3, 0.4) is 0 Å². The molecule has 2 aromatic rings. The minimum Gasteiger partial charge on any atom is -0.340 e. The fraction of sp³-hybridized carbons (Fsp3) is 0.222. The van der Waals surface area contributed by atoms with Gasteiger partial charge in [0.15, 0.2) is 0 Å². The molecule has 0 spiro atoms. The van der Waals surface area contributed by atoms with E-state index < -0.39 is 22.8 Å². The second-order valence-corrected chi connectivity index (χ2v) is 6.96. The average Bonchev–Trinajstić information content (AvgIpc) is 2.60. The number of hydrogen-bond donors (Lipinski definition) is 2. The first-order valence-corrected chi connectivity index (χ1v) is 8.76. The zero-order chi connectivity index (χ0) is 20.1. The summed E-state index contributed by atoms with van der Waals surface area (Å²) in [6, 6.07) is 9.25. The molecule has 0 bridgehead atoms. The van der Waals surface area contributed by atoms with Crippen LogP contribution in [-0.4, -0.2) is 22.8 Å². The van der Waals surface area contributed by atoms with E-state index in [0.29, 0.717) is 10.7 Å². The van der Waals surface area contributed by atoms with Gasteiger partial charge in [0.1, 0.15) is 6.04 Å². The fourth-order valence-corrected chi connectivity index (χ4v) is 2.70. The maximum Gasteiger partial charge on any atom is 0.270 e. The topological polar surface area (TPSA) is 101 Å². The number of amides is 2. The zero-order valence-corrected chi connectivity index (χ0v) is 16.0. The summed E-state index contributed by atoms with van der Waals surface area (Å²) in [5.74, 6) is -1.21. The van der Waals surface area contributed by atoms with Gasteiger partial charge in [0, 0.05) is 22.8 Å². The van der Waals surface area contributed by atoms with Crippen LogP contribution in [0.4, 0.5) is 11.4 Å². The highest BCUT2D eigenvalue weighted by molar-refractivity contribution is 6.34. The Labute approximate surface area is 165 Å². The van der Waals surface area contributed by atoms with Crippen molar-refractivity contribution in [1.29, 1.82) is 0 Å². The molecule has 2 aromatic carbocycles. The molecule has 9 heteroatoms. The molecule has 0 aliphatic carbocycles. The monoisotopic (exact) mass is 409 g/mol. The van der Waals surface area contributed by atoms with Crippen LogP contribution in [-0.2, 0) is 4.79 Å². The summed E-state index contributed by atoms with van der Waals surface area (Å²) in [5, 5.41) is 16.6. The molecule has 0 fully saturated rings. The molecule has 142 valence electrons. The van der Waals surface area contributed by atoms with Crippen LogP contribution in [0.25, 0.3) is 0 Å². The smallest absolute Gasteiger partial charge is 0.270 e. The van der Waals surface area contributed by atoms with E-state index in [-0.39, 0.29) is 22.2 Å². The number of non-ortho nitro benzene ring substituents is 1. The number of halogens is 2. The normalized spacial score (nSPS) is 11.7. The van der Waals surface area contributed by atoms with E-state index >= 15 is 0 Å². The number of nitro benzene ring substituents is 1. The second-order valence-electron chi connectivity index (χ2n) is 6.11. The fourth-order valence-electron chi connectivity index (χ4n) is 2.31. The van der Waals surface area contributed by atoms with Crippen molar-refractivity contribution in [1.82, 2.24) is 5.32 Å². The quantitative estimate of drug-likeness (QED) is 0.548. The van der Waals surface area contributed by atoms with Crippen LogP contribution >= 0.6 is 23.2 Å². The van der Waals surface area contributed by atoms with Crippen LogP contribution in [0, 0.1) is 16.0 Å². The molecule has 0 heterocycles. The van der Waals surface area contributed by atoms with Crippen molar-refractivity contribution in [3.05, 3.63) is 68.2 Å². The maximum absolute atomic E-state index is 12.6. The van der Waals surface area contributed by atoms with Gasteiger partial charge in [0.2, 0.25) is 5.91 Å². The molecule has 2 rings (SSSR count). The molecular weight excluding hydrogens is 393 g/mol. The Bertz CT molecular complexity index is 869. The lowest BCUT2D eigenvalue weighted by molar-refractivity contribution is -0.384. The summed E-state index contributed by atoms with van der Waals surface area (Å²) in [7, 11) is 0. The van der Waals surface area contributed by atoms with Gasteiger partial charge in [-0.1, -0.05) is 37.0 Å². The minimum absolute atomic E-state index is 0.0483. The first-order chi connectivity index (χ1) is 12.7. The molecule has 0 saturated heterocycles. The third-order valence-electron chi connectivity index (χ3n) is 3.76. The number of nitrogens with one attached hydrogen (secondary N) is 2. The van der Waals surface area contributed by atoms with E-state index in [0.717, 1.165) is 6.07 Å². The van der Waals surface area contributed by atoms with Gasteiger partial charge in [-0.2, -0.15) is 0 Å². The van der Waals surface area contributed by atoms with Gasteiger partial charge >= 0.3 is 0 Å². The van der Waals surface area contributed by atoms with Crippen molar-refractivity contribution in [3.8, 4) is 0 Å². The summed E-state index contributed by atoms with van der Waals surface area (Å²) in [4.78, 5) is 35.2. The standard InChI is InChI=1S/C18H17Cl2N3O4/c1-10(2)16(18(25)21-12-5-3-11(19)4-6-12)22-17(24)14-8-7-13(23(26)27)9-15(14)20/h3-10,16H,1-2H3,(H,21,25)(H,22,24). The van der Waals surface area contributed by atoms with E-state index in [2.05, 4.69) is 10.6 Å². The molecule has 0 radical (unpaired) electrons. The Morgan fingerprint density at radius 1 is 1.07 bits per heavy atom. The Balaban J connectivity index is 2.15. The summed E-state index contributed by atoms with van der Waals surface area (Å²) in [6.07, 6.45) is 0. The number of benzene rings is 2. The largest absolute Gasteiger partial charge is 0.340 e. The third kappa shape index (κ3) is 5.42. The van der Waals surface area contributed by atoms with E-state index in [4.69, 9.17) is 23.2 Å². The molecule has 0 aliphatic rings. The predicted molar refractivity (Wildman–Crippen MR) is 104 cm³/mol. The van der Waals surface area contributed by atoms with Crippen LogP contribution in [0.15, 0.2) is 42.5 Å². The number of nitro groups is 1. The molecule has 0 saturated carbocycles. The lowest BCUT2D eigenvalue weighted by Gasteiger charge is -2.22. The van der Waals surface area contributed by atoms with Crippen molar-refractivity contribution in [2.45, 2.75) is 19.9 Å². The van der Waals surface area contributed by atoms with Crippen LogP contribution < -0.4 is 10.6 Å². The Morgan fingerprint density at radius 2 is 1.70 bits per heavy atom. The molecule has 2 N–H and O–H groups in total. The van der Waals surface area contributed by atoms with Gasteiger partial charge in [-0.05, 0) is 36.2 Å². The minimum atomic E-state index is -0.834. The maximum atomic E-state index is 12.6. The van der Waals surface area contributed by atoms with Gasteiger partial charge in [0.25, 0.3) is 11.6 Å². The zero-order valence-electron chi connectivity index (χ0n) is 14.5. The number of carbonyl (C=O) groups excluding carboxylic acids is 2. The highest BCUT2D eigenvalue weighted by atomic mass is 35.5. The van der Waals surface area contributed by atoms with Crippen LogP contribution in [0.2, 0.25) is 10.0 Å². The molecule has 1 atom stereocenters. The predicted octanol–water partition coefficient (Wildman–Crippen LogP) is 4.29. The summed E-state index contributed by atoms with van der Waals surface area (Å²) < 4.78 is 0. The molecular formula is C18H17Cl2N3O4. The van der Waals surface area contributed by atoms with Crippen molar-refractivity contribution in [3.63, 3.8) is 0 Å². The number of nitrogens with zero attached hydrogens (tertiary/aromatic N) is 1. The third-order valence-corrected chi connectivity index (χ3v) is 4.32. The highest BCUT2D eigenvalue weighted by Gasteiger charge is 2.26. The Hall–Kier alpha value is -2.64. The van der Waals surface area contributed by atoms with E-state index in [9.17, 15) is 19.7 Å². The van der Waals surface area contributed by atoms with E-state index in [1.807, 2.05) is 0 Å². The molecule has 7 nitrogen and oxygen atoms in total. The summed E-state index contributed by atoms with van der Waals surface area (Å²) >= 11 is 11.8. The Morgan fingerprint density at radius 3 is 2.22 bits per heavy atom. The number of rotatable bonds is 6. The molecule has 0 aromatic heterocycles. The van der Waals surface area contributed by atoms with Gasteiger partial charge in [-0.15, -0.1) is 0 Å². The molecule has 27 heavy (non-hydrogen) atoms. The summed E-state index contributed by atoms with van der Waals surface area (Å²) in [6.45, 7) is 3.56. The lowest BCUT2D eigenvalue weighted by atomic mass is 10.0. The van der Waals surface area contributed by atoms with Gasteiger partial charge in [-0.3, -0.25) is 19.7 Å². The highest BCUT2D eigenvalue weighted by Crippen LogP contribution is 2.23. The van der Waals surface area contributed by atoms with E-state index in [1.165, 1.54) is 12.1 Å². The van der Waals surface area contributed by atoms with Crippen molar-refractivity contribution in [2.24, 2.45) is 5.92 Å². The Kier molecular flexibility index (Phi) is 6.76. The van der Waals surface area contributed by atoms with Gasteiger partial charge in [0.05, 0.1) is 15.5 Å². The average molecular weight is 410 g/mol. The van der Waals surface area contributed by atoms with Crippen molar-refractivity contribution in [2.75, 3.05) is 5.32 Å². The number of carbonyl (C=O) groups is 2. The summed E-state index contributed by atoms with van der Waals surface area (Å²) in [5.41, 5.74) is 0.363. The number of anilines is 1. The SMILES string of the molecule is CC(C)C(NC(=O)c1ccc([N+](=O)[O-])cc1Cl)C(=O)Nc1ccc(Cl)cc1. The number of hydrogen-bond acceptors (Lipinski definition) is 4. The van der Waals surface area contributed by atoms with E-state index in [1.54, 1.807) is 38.1 Å². The molecule has 2 amide bonds. The van der Waals surface area contributed by atoms with Crippen molar-refractivity contribution < 1.29 is 14.5 Å². The van der Waals surface area contributed by atoms with Gasteiger partial charge in [-0.25, -0.2) is 0 Å².